The van der Waals surface area contributed by atoms with Crippen LogP contribution in [0.1, 0.15) is 32.3 Å². The normalized spacial score (nSPS) is 21.9. The van der Waals surface area contributed by atoms with Gasteiger partial charge in [-0.25, -0.2) is 4.79 Å². The van der Waals surface area contributed by atoms with Gasteiger partial charge in [-0.05, 0) is 38.5 Å². The van der Waals surface area contributed by atoms with E-state index >= 15 is 0 Å². The second-order valence-corrected chi connectivity index (χ2v) is 6.29. The third-order valence-electron chi connectivity index (χ3n) is 3.46. The number of carbonyl (C=O) groups is 1. The van der Waals surface area contributed by atoms with Gasteiger partial charge in [-0.2, -0.15) is 0 Å². The van der Waals surface area contributed by atoms with E-state index in [4.69, 9.17) is 9.47 Å². The highest BCUT2D eigenvalue weighted by molar-refractivity contribution is 5.68. The Kier molecular flexibility index (Phi) is 4.73. The summed E-state index contributed by atoms with van der Waals surface area (Å²) in [5, 5.41) is 6.27. The second-order valence-electron chi connectivity index (χ2n) is 6.29. The molecular weight excluding hydrogens is 268 g/mol. The van der Waals surface area contributed by atoms with Gasteiger partial charge in [0.1, 0.15) is 11.4 Å². The van der Waals surface area contributed by atoms with Gasteiger partial charge >= 0.3 is 6.09 Å². The summed E-state index contributed by atoms with van der Waals surface area (Å²) in [4.78, 5) is 11.9. The molecule has 0 saturated carbocycles. The molecule has 0 aromatic heterocycles. The first-order valence-corrected chi connectivity index (χ1v) is 7.23. The van der Waals surface area contributed by atoms with E-state index in [9.17, 15) is 4.79 Å². The van der Waals surface area contributed by atoms with Crippen molar-refractivity contribution in [3.63, 3.8) is 0 Å². The molecule has 2 atom stereocenters. The standard InChI is InChI=1S/C16H24N2O3/c1-16(2,3)21-15(19)18-14-10-17-9-13(14)11-5-7-12(20-4)8-6-11/h5-8,13-14,17H,9-10H2,1-4H3,(H,18,19). The largest absolute Gasteiger partial charge is 0.497 e. The number of rotatable bonds is 3. The summed E-state index contributed by atoms with van der Waals surface area (Å²) in [6.07, 6.45) is -0.366. The first-order valence-electron chi connectivity index (χ1n) is 7.23. The SMILES string of the molecule is COc1ccc(C2CNCC2NC(=O)OC(C)(C)C)cc1. The number of amides is 1. The minimum Gasteiger partial charge on any atom is -0.497 e. The van der Waals surface area contributed by atoms with Gasteiger partial charge in [0.2, 0.25) is 0 Å². The number of alkyl carbamates (subject to hydrolysis) is 1. The van der Waals surface area contributed by atoms with Gasteiger partial charge in [0.15, 0.2) is 0 Å². The maximum Gasteiger partial charge on any atom is 0.407 e. The minimum absolute atomic E-state index is 0.0354. The summed E-state index contributed by atoms with van der Waals surface area (Å²) in [5.74, 6) is 1.07. The van der Waals surface area contributed by atoms with E-state index in [0.29, 0.717) is 0 Å². The molecule has 1 aliphatic heterocycles. The fourth-order valence-corrected chi connectivity index (χ4v) is 2.49. The van der Waals surface area contributed by atoms with Crippen LogP contribution in [0.15, 0.2) is 24.3 Å². The zero-order valence-electron chi connectivity index (χ0n) is 13.1. The minimum atomic E-state index is -0.480. The van der Waals surface area contributed by atoms with Crippen molar-refractivity contribution < 1.29 is 14.3 Å². The Labute approximate surface area is 126 Å². The Morgan fingerprint density at radius 3 is 2.48 bits per heavy atom. The molecule has 0 bridgehead atoms. The van der Waals surface area contributed by atoms with Crippen LogP contribution in [0.2, 0.25) is 0 Å². The molecule has 2 N–H and O–H groups in total. The molecule has 1 aliphatic rings. The van der Waals surface area contributed by atoms with Gasteiger partial charge in [-0.3, -0.25) is 0 Å². The van der Waals surface area contributed by atoms with Crippen molar-refractivity contribution in [2.75, 3.05) is 20.2 Å². The van der Waals surface area contributed by atoms with E-state index in [2.05, 4.69) is 10.6 Å². The van der Waals surface area contributed by atoms with Crippen LogP contribution in [-0.4, -0.2) is 37.9 Å². The first kappa shape index (κ1) is 15.6. The van der Waals surface area contributed by atoms with Crippen LogP contribution < -0.4 is 15.4 Å². The molecule has 2 rings (SSSR count). The predicted octanol–water partition coefficient (Wildman–Crippen LogP) is 2.28. The van der Waals surface area contributed by atoms with Crippen molar-refractivity contribution >= 4 is 6.09 Å². The first-order chi connectivity index (χ1) is 9.89. The maximum atomic E-state index is 11.9. The highest BCUT2D eigenvalue weighted by atomic mass is 16.6. The summed E-state index contributed by atoms with van der Waals surface area (Å²) in [5.41, 5.74) is 0.702. The van der Waals surface area contributed by atoms with E-state index in [1.54, 1.807) is 7.11 Å². The second kappa shape index (κ2) is 6.35. The highest BCUT2D eigenvalue weighted by Gasteiger charge is 2.31. The van der Waals surface area contributed by atoms with Crippen LogP contribution in [0.25, 0.3) is 0 Å². The van der Waals surface area contributed by atoms with Crippen LogP contribution in [-0.2, 0) is 4.74 Å². The third kappa shape index (κ3) is 4.36. The van der Waals surface area contributed by atoms with E-state index in [0.717, 1.165) is 18.8 Å². The lowest BCUT2D eigenvalue weighted by atomic mass is 9.94. The number of hydrogen-bond donors (Lipinski definition) is 2. The van der Waals surface area contributed by atoms with Crippen molar-refractivity contribution in [2.24, 2.45) is 0 Å². The molecule has 1 aromatic rings. The Balaban J connectivity index is 2.01. The zero-order valence-corrected chi connectivity index (χ0v) is 13.1. The number of hydrogen-bond acceptors (Lipinski definition) is 4. The molecule has 2 unspecified atom stereocenters. The molecule has 1 heterocycles. The lowest BCUT2D eigenvalue weighted by Gasteiger charge is -2.24. The van der Waals surface area contributed by atoms with Crippen molar-refractivity contribution in [1.29, 1.82) is 0 Å². The molecule has 116 valence electrons. The summed E-state index contributed by atoms with van der Waals surface area (Å²) >= 11 is 0. The molecule has 5 heteroatoms. The van der Waals surface area contributed by atoms with E-state index in [-0.39, 0.29) is 18.1 Å². The van der Waals surface area contributed by atoms with Gasteiger partial charge in [0.05, 0.1) is 13.2 Å². The fourth-order valence-electron chi connectivity index (χ4n) is 2.49. The van der Waals surface area contributed by atoms with Gasteiger partial charge in [0.25, 0.3) is 0 Å². The quantitative estimate of drug-likeness (QED) is 0.897. The van der Waals surface area contributed by atoms with E-state index < -0.39 is 5.60 Å². The molecule has 0 radical (unpaired) electrons. The number of benzene rings is 1. The van der Waals surface area contributed by atoms with Crippen LogP contribution in [0.3, 0.4) is 0 Å². The van der Waals surface area contributed by atoms with Gasteiger partial charge < -0.3 is 20.1 Å². The average Bonchev–Trinajstić information content (AvgIpc) is 2.84. The summed E-state index contributed by atoms with van der Waals surface area (Å²) in [6, 6.07) is 8.00. The van der Waals surface area contributed by atoms with Crippen molar-refractivity contribution in [3.05, 3.63) is 29.8 Å². The van der Waals surface area contributed by atoms with Crippen LogP contribution in [0.5, 0.6) is 5.75 Å². The maximum absolute atomic E-state index is 11.9. The fraction of sp³-hybridized carbons (Fsp3) is 0.562. The van der Waals surface area contributed by atoms with Gasteiger partial charge in [-0.1, -0.05) is 12.1 Å². The monoisotopic (exact) mass is 292 g/mol. The van der Waals surface area contributed by atoms with Crippen molar-refractivity contribution in [1.82, 2.24) is 10.6 Å². The molecule has 5 nitrogen and oxygen atoms in total. The molecule has 1 saturated heterocycles. The predicted molar refractivity (Wildman–Crippen MR) is 81.8 cm³/mol. The van der Waals surface area contributed by atoms with E-state index in [1.165, 1.54) is 5.56 Å². The molecule has 1 aromatic carbocycles. The molecular formula is C16H24N2O3. The van der Waals surface area contributed by atoms with Crippen molar-refractivity contribution in [2.45, 2.75) is 38.3 Å². The summed E-state index contributed by atoms with van der Waals surface area (Å²) in [7, 11) is 1.65. The number of methoxy groups -OCH3 is 1. The topological polar surface area (TPSA) is 59.6 Å². The lowest BCUT2D eigenvalue weighted by molar-refractivity contribution is 0.0504. The van der Waals surface area contributed by atoms with Crippen LogP contribution in [0.4, 0.5) is 4.79 Å². The van der Waals surface area contributed by atoms with Gasteiger partial charge in [-0.15, -0.1) is 0 Å². The zero-order chi connectivity index (χ0) is 15.5. The summed E-state index contributed by atoms with van der Waals surface area (Å²) < 4.78 is 10.5. The Hall–Kier alpha value is -1.75. The highest BCUT2D eigenvalue weighted by Crippen LogP contribution is 2.25. The van der Waals surface area contributed by atoms with Crippen molar-refractivity contribution in [3.8, 4) is 5.75 Å². The molecule has 0 aliphatic carbocycles. The Bertz CT molecular complexity index is 479. The number of ether oxygens (including phenoxy) is 2. The Morgan fingerprint density at radius 2 is 1.90 bits per heavy atom. The summed E-state index contributed by atoms with van der Waals surface area (Å²) in [6.45, 7) is 7.17. The molecule has 21 heavy (non-hydrogen) atoms. The molecule has 0 spiro atoms. The molecule has 1 amide bonds. The van der Waals surface area contributed by atoms with Crippen LogP contribution in [0, 0.1) is 0 Å². The smallest absolute Gasteiger partial charge is 0.407 e. The molecule has 1 fully saturated rings. The van der Waals surface area contributed by atoms with Crippen LogP contribution >= 0.6 is 0 Å². The number of nitrogens with one attached hydrogen (secondary N) is 2. The van der Waals surface area contributed by atoms with E-state index in [1.807, 2.05) is 45.0 Å². The lowest BCUT2D eigenvalue weighted by Crippen LogP contribution is -2.42. The third-order valence-corrected chi connectivity index (χ3v) is 3.46. The Morgan fingerprint density at radius 1 is 1.24 bits per heavy atom. The van der Waals surface area contributed by atoms with Gasteiger partial charge in [0, 0.05) is 19.0 Å². The average molecular weight is 292 g/mol. The number of carbonyl (C=O) groups excluding carboxylic acids is 1.